The summed E-state index contributed by atoms with van der Waals surface area (Å²) in [5.74, 6) is 0.523. The van der Waals surface area contributed by atoms with Crippen molar-refractivity contribution < 1.29 is 0 Å². The van der Waals surface area contributed by atoms with Crippen LogP contribution >= 0.6 is 0 Å². The molecule has 2 rings (SSSR count). The van der Waals surface area contributed by atoms with E-state index in [0.717, 1.165) is 6.54 Å². The third kappa shape index (κ3) is 3.61. The van der Waals surface area contributed by atoms with E-state index in [0.29, 0.717) is 12.5 Å². The lowest BCUT2D eigenvalue weighted by Gasteiger charge is -2.18. The first-order valence-corrected chi connectivity index (χ1v) is 7.44. The fraction of sp³-hybridized carbons (Fsp3) is 0.500. The van der Waals surface area contributed by atoms with Crippen LogP contribution in [-0.2, 0) is 13.6 Å². The second kappa shape index (κ2) is 6.72. The minimum Gasteiger partial charge on any atom is -0.309 e. The zero-order chi connectivity index (χ0) is 15.4. The van der Waals surface area contributed by atoms with Crippen LogP contribution in [0.3, 0.4) is 0 Å². The van der Waals surface area contributed by atoms with Gasteiger partial charge in [0.05, 0.1) is 12.6 Å². The molecule has 1 N–H and O–H groups in total. The fourth-order valence-electron chi connectivity index (χ4n) is 2.37. The van der Waals surface area contributed by atoms with Gasteiger partial charge in [-0.2, -0.15) is 5.10 Å². The molecule has 0 amide bonds. The molecule has 1 aromatic carbocycles. The van der Waals surface area contributed by atoms with E-state index in [-0.39, 0.29) is 11.7 Å². The van der Waals surface area contributed by atoms with Crippen LogP contribution in [0.5, 0.6) is 0 Å². The Morgan fingerprint density at radius 3 is 2.29 bits per heavy atom. The molecule has 0 aliphatic rings. The van der Waals surface area contributed by atoms with Crippen molar-refractivity contribution in [1.82, 2.24) is 19.7 Å². The van der Waals surface area contributed by atoms with E-state index >= 15 is 0 Å². The molecule has 0 spiro atoms. The average Bonchev–Trinajstić information content (AvgIpc) is 2.79. The molecular formula is C16H24N4O. The van der Waals surface area contributed by atoms with Gasteiger partial charge in [0.15, 0.2) is 0 Å². The van der Waals surface area contributed by atoms with Crippen molar-refractivity contribution in [3.63, 3.8) is 0 Å². The highest BCUT2D eigenvalue weighted by molar-refractivity contribution is 5.26. The predicted molar refractivity (Wildman–Crippen MR) is 84.4 cm³/mol. The molecule has 2 aromatic rings. The fourth-order valence-corrected chi connectivity index (χ4v) is 2.37. The molecular weight excluding hydrogens is 264 g/mol. The Balaban J connectivity index is 2.22. The molecule has 0 saturated carbocycles. The van der Waals surface area contributed by atoms with Gasteiger partial charge in [-0.3, -0.25) is 4.57 Å². The van der Waals surface area contributed by atoms with Crippen LogP contribution in [0, 0.1) is 0 Å². The van der Waals surface area contributed by atoms with Crippen molar-refractivity contribution in [2.45, 2.75) is 39.3 Å². The molecule has 0 radical (unpaired) electrons. The Bertz CT molecular complexity index is 624. The summed E-state index contributed by atoms with van der Waals surface area (Å²) in [6.45, 7) is 7.82. The second-order valence-electron chi connectivity index (χ2n) is 5.64. The number of likely N-dealkylation sites (N-methyl/N-ethyl adjacent to an activating group) is 1. The van der Waals surface area contributed by atoms with Gasteiger partial charge in [0.1, 0.15) is 6.33 Å². The lowest BCUT2D eigenvalue weighted by molar-refractivity contribution is 0.437. The third-order valence-corrected chi connectivity index (χ3v) is 3.70. The molecule has 0 bridgehead atoms. The van der Waals surface area contributed by atoms with Crippen molar-refractivity contribution in [1.29, 1.82) is 0 Å². The van der Waals surface area contributed by atoms with Gasteiger partial charge in [-0.05, 0) is 23.6 Å². The average molecular weight is 288 g/mol. The van der Waals surface area contributed by atoms with Crippen LogP contribution in [0.15, 0.2) is 35.4 Å². The highest BCUT2D eigenvalue weighted by atomic mass is 16.2. The summed E-state index contributed by atoms with van der Waals surface area (Å²) in [5.41, 5.74) is 2.42. The van der Waals surface area contributed by atoms with Crippen LogP contribution in [-0.4, -0.2) is 20.9 Å². The predicted octanol–water partition coefficient (Wildman–Crippen LogP) is 2.06. The van der Waals surface area contributed by atoms with E-state index < -0.39 is 0 Å². The van der Waals surface area contributed by atoms with Gasteiger partial charge < -0.3 is 5.32 Å². The maximum Gasteiger partial charge on any atom is 0.345 e. The molecule has 1 unspecified atom stereocenters. The molecule has 21 heavy (non-hydrogen) atoms. The minimum absolute atomic E-state index is 0.0864. The molecule has 0 aliphatic carbocycles. The monoisotopic (exact) mass is 288 g/mol. The second-order valence-corrected chi connectivity index (χ2v) is 5.64. The number of aryl methyl sites for hydroxylation is 1. The highest BCUT2D eigenvalue weighted by Crippen LogP contribution is 2.19. The van der Waals surface area contributed by atoms with E-state index in [4.69, 9.17) is 0 Å². The maximum absolute atomic E-state index is 11.9. The van der Waals surface area contributed by atoms with Crippen LogP contribution in [0.25, 0.3) is 0 Å². The molecule has 5 nitrogen and oxygen atoms in total. The summed E-state index contributed by atoms with van der Waals surface area (Å²) in [7, 11) is 1.71. The maximum atomic E-state index is 11.9. The molecule has 0 fully saturated rings. The van der Waals surface area contributed by atoms with Crippen molar-refractivity contribution in [2.75, 3.05) is 6.54 Å². The molecule has 114 valence electrons. The molecule has 0 aliphatic heterocycles. The van der Waals surface area contributed by atoms with Crippen LogP contribution < -0.4 is 11.0 Å². The van der Waals surface area contributed by atoms with Crippen molar-refractivity contribution in [3.8, 4) is 0 Å². The summed E-state index contributed by atoms with van der Waals surface area (Å²) in [6.07, 6.45) is 1.55. The van der Waals surface area contributed by atoms with Crippen molar-refractivity contribution in [2.24, 2.45) is 7.05 Å². The van der Waals surface area contributed by atoms with Crippen molar-refractivity contribution >= 4 is 0 Å². The number of hydrogen-bond donors (Lipinski definition) is 1. The van der Waals surface area contributed by atoms with Gasteiger partial charge in [0.2, 0.25) is 0 Å². The SMILES string of the molecule is CCNC(Cn1ncn(C)c1=O)c1ccc(C(C)C)cc1. The Morgan fingerprint density at radius 2 is 1.81 bits per heavy atom. The molecule has 1 heterocycles. The van der Waals surface area contributed by atoms with Gasteiger partial charge >= 0.3 is 5.69 Å². The Labute approximate surface area is 125 Å². The molecule has 1 atom stereocenters. The lowest BCUT2D eigenvalue weighted by atomic mass is 9.99. The first-order chi connectivity index (χ1) is 10.0. The smallest absolute Gasteiger partial charge is 0.309 e. The van der Waals surface area contributed by atoms with Gasteiger partial charge in [-0.1, -0.05) is 45.0 Å². The Hall–Kier alpha value is -1.88. The zero-order valence-corrected chi connectivity index (χ0v) is 13.2. The van der Waals surface area contributed by atoms with Crippen LogP contribution in [0.1, 0.15) is 43.9 Å². The molecule has 1 aromatic heterocycles. The number of benzene rings is 1. The molecule has 5 heteroatoms. The standard InChI is InChI=1S/C16H24N4O/c1-5-17-15(10-20-16(21)19(4)11-18-20)14-8-6-13(7-9-14)12(2)3/h6-9,11-12,15,17H,5,10H2,1-4H3. The van der Waals surface area contributed by atoms with E-state index in [1.54, 1.807) is 13.4 Å². The van der Waals surface area contributed by atoms with E-state index in [1.165, 1.54) is 20.4 Å². The van der Waals surface area contributed by atoms with Gasteiger partial charge in [-0.25, -0.2) is 9.48 Å². The number of nitrogens with zero attached hydrogens (tertiary/aromatic N) is 3. The first kappa shape index (κ1) is 15.5. The minimum atomic E-state index is -0.0864. The Morgan fingerprint density at radius 1 is 1.19 bits per heavy atom. The summed E-state index contributed by atoms with van der Waals surface area (Å²) in [4.78, 5) is 11.9. The van der Waals surface area contributed by atoms with Gasteiger partial charge in [0, 0.05) is 7.05 Å². The topological polar surface area (TPSA) is 51.9 Å². The Kier molecular flexibility index (Phi) is 4.96. The normalized spacial score (nSPS) is 12.8. The number of hydrogen-bond acceptors (Lipinski definition) is 3. The summed E-state index contributed by atoms with van der Waals surface area (Å²) in [5, 5.41) is 7.56. The van der Waals surface area contributed by atoms with Crippen LogP contribution in [0.2, 0.25) is 0 Å². The lowest BCUT2D eigenvalue weighted by Crippen LogP contribution is -2.31. The first-order valence-electron chi connectivity index (χ1n) is 7.44. The van der Waals surface area contributed by atoms with Gasteiger partial charge in [0.25, 0.3) is 0 Å². The van der Waals surface area contributed by atoms with E-state index in [1.807, 2.05) is 0 Å². The van der Waals surface area contributed by atoms with Crippen molar-refractivity contribution in [3.05, 3.63) is 52.2 Å². The van der Waals surface area contributed by atoms with Crippen LogP contribution in [0.4, 0.5) is 0 Å². The molecule has 0 saturated heterocycles. The largest absolute Gasteiger partial charge is 0.345 e. The number of rotatable bonds is 6. The number of aromatic nitrogens is 3. The van der Waals surface area contributed by atoms with E-state index in [9.17, 15) is 4.79 Å². The third-order valence-electron chi connectivity index (χ3n) is 3.70. The van der Waals surface area contributed by atoms with E-state index in [2.05, 4.69) is 55.5 Å². The van der Waals surface area contributed by atoms with Gasteiger partial charge in [-0.15, -0.1) is 0 Å². The summed E-state index contributed by atoms with van der Waals surface area (Å²) in [6, 6.07) is 8.67. The summed E-state index contributed by atoms with van der Waals surface area (Å²) < 4.78 is 2.99. The zero-order valence-electron chi connectivity index (χ0n) is 13.2. The quantitative estimate of drug-likeness (QED) is 0.885. The summed E-state index contributed by atoms with van der Waals surface area (Å²) >= 11 is 0. The number of nitrogens with one attached hydrogen (secondary N) is 1. The highest BCUT2D eigenvalue weighted by Gasteiger charge is 2.14.